The van der Waals surface area contributed by atoms with E-state index in [2.05, 4.69) is 58.5 Å². The summed E-state index contributed by atoms with van der Waals surface area (Å²) < 4.78 is 0. The first-order chi connectivity index (χ1) is 10.4. The van der Waals surface area contributed by atoms with E-state index >= 15 is 0 Å². The summed E-state index contributed by atoms with van der Waals surface area (Å²) >= 11 is 1.72. The summed E-state index contributed by atoms with van der Waals surface area (Å²) in [6.07, 6.45) is 3.68. The molecule has 4 aromatic rings. The predicted molar refractivity (Wildman–Crippen MR) is 87.6 cm³/mol. The molecule has 0 aliphatic carbocycles. The molecule has 0 fully saturated rings. The van der Waals surface area contributed by atoms with Crippen molar-refractivity contribution in [3.63, 3.8) is 0 Å². The van der Waals surface area contributed by atoms with E-state index < -0.39 is 0 Å². The largest absolute Gasteiger partial charge is 0.255 e. The Morgan fingerprint density at radius 1 is 0.571 bits per heavy atom. The van der Waals surface area contributed by atoms with Gasteiger partial charge in [0.1, 0.15) is 0 Å². The number of nitrogens with zero attached hydrogens (tertiary/aromatic N) is 2. The van der Waals surface area contributed by atoms with Crippen molar-refractivity contribution in [2.24, 2.45) is 0 Å². The van der Waals surface area contributed by atoms with Crippen LogP contribution in [0.5, 0.6) is 0 Å². The zero-order valence-corrected chi connectivity index (χ0v) is 12.0. The molecule has 2 heterocycles. The smallest absolute Gasteiger partial charge is 0.0841 e. The SMILES string of the molecule is c1cnc2c(Sc3cccc4cccnc34)cccc2c1. The van der Waals surface area contributed by atoms with Crippen molar-refractivity contribution in [1.29, 1.82) is 0 Å². The van der Waals surface area contributed by atoms with E-state index in [4.69, 9.17) is 0 Å². The molecule has 0 N–H and O–H groups in total. The first kappa shape index (κ1) is 12.4. The van der Waals surface area contributed by atoms with Crippen LogP contribution in [0.1, 0.15) is 0 Å². The topological polar surface area (TPSA) is 25.8 Å². The molecule has 0 bridgehead atoms. The molecule has 100 valence electrons. The average Bonchev–Trinajstić information content (AvgIpc) is 2.56. The van der Waals surface area contributed by atoms with Crippen LogP contribution in [0.25, 0.3) is 21.8 Å². The second kappa shape index (κ2) is 5.19. The Bertz CT molecular complexity index is 846. The lowest BCUT2D eigenvalue weighted by molar-refractivity contribution is 1.33. The van der Waals surface area contributed by atoms with Crippen LogP contribution in [0.3, 0.4) is 0 Å². The molecule has 0 saturated heterocycles. The van der Waals surface area contributed by atoms with Gasteiger partial charge in [0.2, 0.25) is 0 Å². The third kappa shape index (κ3) is 2.26. The molecule has 0 radical (unpaired) electrons. The first-order valence-corrected chi connectivity index (χ1v) is 7.59. The van der Waals surface area contributed by atoms with E-state index in [1.165, 1.54) is 0 Å². The zero-order valence-electron chi connectivity index (χ0n) is 11.2. The van der Waals surface area contributed by atoms with Gasteiger partial charge < -0.3 is 0 Å². The highest BCUT2D eigenvalue weighted by Gasteiger charge is 2.07. The normalized spacial score (nSPS) is 11.0. The van der Waals surface area contributed by atoms with Crippen molar-refractivity contribution in [2.75, 3.05) is 0 Å². The molecule has 0 spiro atoms. The lowest BCUT2D eigenvalue weighted by Crippen LogP contribution is -1.84. The average molecular weight is 288 g/mol. The standard InChI is InChI=1S/C18H12N2S/c1-5-13-7-3-11-19-17(13)15(9-1)21-16-10-2-6-14-8-4-12-20-18(14)16/h1-12H. The molecule has 2 aromatic heterocycles. The Balaban J connectivity index is 1.87. The molecule has 4 rings (SSSR count). The highest BCUT2D eigenvalue weighted by Crippen LogP contribution is 2.35. The monoisotopic (exact) mass is 288 g/mol. The Kier molecular flexibility index (Phi) is 3.05. The van der Waals surface area contributed by atoms with E-state index in [9.17, 15) is 0 Å². The van der Waals surface area contributed by atoms with Crippen LogP contribution in [0.2, 0.25) is 0 Å². The van der Waals surface area contributed by atoms with Gasteiger partial charge in [-0.25, -0.2) is 0 Å². The Morgan fingerprint density at radius 2 is 1.05 bits per heavy atom. The van der Waals surface area contributed by atoms with E-state index in [1.54, 1.807) is 11.8 Å². The molecule has 2 aromatic carbocycles. The second-order valence-electron chi connectivity index (χ2n) is 4.76. The van der Waals surface area contributed by atoms with Gasteiger partial charge in [0.15, 0.2) is 0 Å². The van der Waals surface area contributed by atoms with Gasteiger partial charge in [-0.15, -0.1) is 0 Å². The second-order valence-corrected chi connectivity index (χ2v) is 5.85. The fourth-order valence-corrected chi connectivity index (χ4v) is 3.50. The van der Waals surface area contributed by atoms with E-state index in [-0.39, 0.29) is 0 Å². The number of para-hydroxylation sites is 2. The minimum atomic E-state index is 1.04. The van der Waals surface area contributed by atoms with Gasteiger partial charge in [0.25, 0.3) is 0 Å². The fraction of sp³-hybridized carbons (Fsp3) is 0. The highest BCUT2D eigenvalue weighted by molar-refractivity contribution is 7.99. The van der Waals surface area contributed by atoms with Crippen molar-refractivity contribution in [2.45, 2.75) is 9.79 Å². The molecule has 21 heavy (non-hydrogen) atoms. The number of hydrogen-bond acceptors (Lipinski definition) is 3. The summed E-state index contributed by atoms with van der Waals surface area (Å²) in [4.78, 5) is 11.3. The van der Waals surface area contributed by atoms with E-state index in [0.717, 1.165) is 31.6 Å². The molecule has 0 saturated carbocycles. The summed E-state index contributed by atoms with van der Waals surface area (Å²) in [7, 11) is 0. The molecule has 0 unspecified atom stereocenters. The molecular formula is C18H12N2S. The van der Waals surface area contributed by atoms with Gasteiger partial charge in [-0.3, -0.25) is 9.97 Å². The van der Waals surface area contributed by atoms with Crippen LogP contribution in [-0.4, -0.2) is 9.97 Å². The number of rotatable bonds is 2. The van der Waals surface area contributed by atoms with Crippen LogP contribution >= 0.6 is 11.8 Å². The van der Waals surface area contributed by atoms with E-state index in [1.807, 2.05) is 24.5 Å². The summed E-state index contributed by atoms with van der Waals surface area (Å²) in [6.45, 7) is 0. The fourth-order valence-electron chi connectivity index (χ4n) is 2.44. The molecule has 2 nitrogen and oxygen atoms in total. The number of pyridine rings is 2. The van der Waals surface area contributed by atoms with Crippen molar-refractivity contribution >= 4 is 33.6 Å². The quantitative estimate of drug-likeness (QED) is 0.523. The summed E-state index contributed by atoms with van der Waals surface area (Å²) in [5.74, 6) is 0. The van der Waals surface area contributed by atoms with E-state index in [0.29, 0.717) is 0 Å². The minimum absolute atomic E-state index is 1.04. The van der Waals surface area contributed by atoms with Gasteiger partial charge >= 0.3 is 0 Å². The molecule has 3 heteroatoms. The maximum atomic E-state index is 4.52. The Labute approximate surface area is 126 Å². The van der Waals surface area contributed by atoms with Crippen molar-refractivity contribution in [3.8, 4) is 0 Å². The van der Waals surface area contributed by atoms with Crippen molar-refractivity contribution < 1.29 is 0 Å². The van der Waals surface area contributed by atoms with Crippen molar-refractivity contribution in [3.05, 3.63) is 73.1 Å². The Hall–Kier alpha value is -2.39. The van der Waals surface area contributed by atoms with Gasteiger partial charge in [0.05, 0.1) is 11.0 Å². The lowest BCUT2D eigenvalue weighted by atomic mass is 10.2. The van der Waals surface area contributed by atoms with Crippen LogP contribution < -0.4 is 0 Å². The van der Waals surface area contributed by atoms with Crippen LogP contribution in [0.4, 0.5) is 0 Å². The predicted octanol–water partition coefficient (Wildman–Crippen LogP) is 4.93. The molecule has 0 amide bonds. The lowest BCUT2D eigenvalue weighted by Gasteiger charge is -2.07. The van der Waals surface area contributed by atoms with Crippen molar-refractivity contribution in [1.82, 2.24) is 9.97 Å². The number of hydrogen-bond donors (Lipinski definition) is 0. The van der Waals surface area contributed by atoms with Gasteiger partial charge in [-0.2, -0.15) is 0 Å². The molecule has 0 atom stereocenters. The maximum absolute atomic E-state index is 4.52. The van der Waals surface area contributed by atoms with Gasteiger partial charge in [-0.1, -0.05) is 48.2 Å². The zero-order chi connectivity index (χ0) is 14.1. The minimum Gasteiger partial charge on any atom is -0.255 e. The molecule has 0 aliphatic heterocycles. The summed E-state index contributed by atoms with van der Waals surface area (Å²) in [5, 5.41) is 2.33. The molecular weight excluding hydrogens is 276 g/mol. The highest BCUT2D eigenvalue weighted by atomic mass is 32.2. The number of fused-ring (bicyclic) bond motifs is 2. The third-order valence-corrected chi connectivity index (χ3v) is 4.51. The number of aromatic nitrogens is 2. The molecule has 0 aliphatic rings. The van der Waals surface area contributed by atoms with Crippen LogP contribution in [0.15, 0.2) is 82.8 Å². The first-order valence-electron chi connectivity index (χ1n) is 6.77. The van der Waals surface area contributed by atoms with Crippen LogP contribution in [0, 0.1) is 0 Å². The Morgan fingerprint density at radius 3 is 1.57 bits per heavy atom. The van der Waals surface area contributed by atoms with Crippen LogP contribution in [-0.2, 0) is 0 Å². The summed E-state index contributed by atoms with van der Waals surface area (Å²) in [5.41, 5.74) is 2.08. The third-order valence-electron chi connectivity index (χ3n) is 3.41. The van der Waals surface area contributed by atoms with Gasteiger partial charge in [-0.05, 0) is 24.3 Å². The summed E-state index contributed by atoms with van der Waals surface area (Å²) in [6, 6.07) is 20.7. The number of benzene rings is 2. The maximum Gasteiger partial charge on any atom is 0.0841 e. The van der Waals surface area contributed by atoms with Gasteiger partial charge in [0, 0.05) is 33.0 Å².